The molecule has 1 aliphatic rings. The van der Waals surface area contributed by atoms with Crippen LogP contribution in [-0.4, -0.2) is 33.7 Å². The van der Waals surface area contributed by atoms with E-state index in [9.17, 15) is 17.6 Å². The van der Waals surface area contributed by atoms with Crippen molar-refractivity contribution in [2.45, 2.75) is 32.1 Å². The minimum absolute atomic E-state index is 0.164. The molecule has 1 saturated carbocycles. The number of anilines is 1. The Morgan fingerprint density at radius 2 is 2.00 bits per heavy atom. The highest BCUT2D eigenvalue weighted by atomic mass is 35.5. The second-order valence-electron chi connectivity index (χ2n) is 6.18. The van der Waals surface area contributed by atoms with Crippen molar-refractivity contribution in [3.63, 3.8) is 0 Å². The number of sulfonamides is 1. The van der Waals surface area contributed by atoms with Crippen LogP contribution in [-0.2, 0) is 14.8 Å². The van der Waals surface area contributed by atoms with E-state index in [1.807, 2.05) is 0 Å². The van der Waals surface area contributed by atoms with E-state index in [2.05, 4.69) is 5.32 Å². The van der Waals surface area contributed by atoms with Gasteiger partial charge in [0.05, 0.1) is 17.0 Å². The SMILES string of the molecule is CS(=O)(=O)N(CC(=O)NCC1CCCCC1)c1ccc(F)c(Cl)c1. The lowest BCUT2D eigenvalue weighted by Crippen LogP contribution is -2.41. The average molecular weight is 377 g/mol. The van der Waals surface area contributed by atoms with Crippen molar-refractivity contribution >= 4 is 33.2 Å². The molecule has 0 bridgehead atoms. The Balaban J connectivity index is 2.03. The van der Waals surface area contributed by atoms with E-state index in [-0.39, 0.29) is 23.2 Å². The normalized spacial score (nSPS) is 16.0. The Kier molecular flexibility index (Phi) is 6.46. The molecule has 5 nitrogen and oxygen atoms in total. The minimum atomic E-state index is -3.69. The quantitative estimate of drug-likeness (QED) is 0.830. The minimum Gasteiger partial charge on any atom is -0.354 e. The standard InChI is InChI=1S/C16H22ClFN2O3S/c1-24(22,23)20(13-7-8-15(18)14(17)9-13)11-16(21)19-10-12-5-3-2-4-6-12/h7-9,12H,2-6,10-11H2,1H3,(H,19,21). The highest BCUT2D eigenvalue weighted by molar-refractivity contribution is 7.92. The third kappa shape index (κ3) is 5.34. The summed E-state index contributed by atoms with van der Waals surface area (Å²) in [5.41, 5.74) is 0.164. The van der Waals surface area contributed by atoms with Crippen LogP contribution >= 0.6 is 11.6 Å². The molecular weight excluding hydrogens is 355 g/mol. The topological polar surface area (TPSA) is 66.5 Å². The Morgan fingerprint density at radius 3 is 2.58 bits per heavy atom. The first-order valence-electron chi connectivity index (χ1n) is 7.97. The Labute approximate surface area is 147 Å². The molecule has 0 spiro atoms. The van der Waals surface area contributed by atoms with E-state index in [4.69, 9.17) is 11.6 Å². The molecule has 0 saturated heterocycles. The smallest absolute Gasteiger partial charge is 0.240 e. The number of amides is 1. The molecule has 1 fully saturated rings. The number of benzene rings is 1. The predicted octanol–water partition coefficient (Wildman–Crippen LogP) is 2.94. The van der Waals surface area contributed by atoms with Gasteiger partial charge >= 0.3 is 0 Å². The predicted molar refractivity (Wildman–Crippen MR) is 93.2 cm³/mol. The van der Waals surface area contributed by atoms with Crippen LogP contribution in [0.1, 0.15) is 32.1 Å². The lowest BCUT2D eigenvalue weighted by atomic mass is 9.89. The summed E-state index contributed by atoms with van der Waals surface area (Å²) in [5, 5.41) is 2.61. The van der Waals surface area contributed by atoms with Gasteiger partial charge in [-0.1, -0.05) is 30.9 Å². The fourth-order valence-corrected chi connectivity index (χ4v) is 3.90. The summed E-state index contributed by atoms with van der Waals surface area (Å²) in [6.45, 7) is 0.203. The van der Waals surface area contributed by atoms with Gasteiger partial charge in [0.25, 0.3) is 0 Å². The lowest BCUT2D eigenvalue weighted by Gasteiger charge is -2.24. The van der Waals surface area contributed by atoms with Crippen molar-refractivity contribution in [1.82, 2.24) is 5.32 Å². The number of nitrogens with one attached hydrogen (secondary N) is 1. The van der Waals surface area contributed by atoms with Crippen LogP contribution in [0.15, 0.2) is 18.2 Å². The summed E-state index contributed by atoms with van der Waals surface area (Å²) in [4.78, 5) is 12.1. The van der Waals surface area contributed by atoms with Gasteiger partial charge in [-0.05, 0) is 37.0 Å². The van der Waals surface area contributed by atoms with Gasteiger partial charge in [-0.25, -0.2) is 12.8 Å². The average Bonchev–Trinajstić information content (AvgIpc) is 2.53. The molecule has 24 heavy (non-hydrogen) atoms. The monoisotopic (exact) mass is 376 g/mol. The van der Waals surface area contributed by atoms with Gasteiger partial charge in [-0.2, -0.15) is 0 Å². The Morgan fingerprint density at radius 1 is 1.33 bits per heavy atom. The van der Waals surface area contributed by atoms with Crippen LogP contribution in [0, 0.1) is 11.7 Å². The second kappa shape index (κ2) is 8.16. The lowest BCUT2D eigenvalue weighted by molar-refractivity contribution is -0.119. The second-order valence-corrected chi connectivity index (χ2v) is 8.49. The van der Waals surface area contributed by atoms with Crippen LogP contribution in [0.3, 0.4) is 0 Å². The highest BCUT2D eigenvalue weighted by Gasteiger charge is 2.22. The van der Waals surface area contributed by atoms with Crippen LogP contribution in [0.4, 0.5) is 10.1 Å². The number of rotatable bonds is 6. The highest BCUT2D eigenvalue weighted by Crippen LogP contribution is 2.25. The van der Waals surface area contributed by atoms with E-state index in [1.165, 1.54) is 31.4 Å². The molecule has 0 aromatic heterocycles. The van der Waals surface area contributed by atoms with Gasteiger partial charge < -0.3 is 5.32 Å². The first-order valence-corrected chi connectivity index (χ1v) is 10.2. The molecule has 2 rings (SSSR count). The zero-order chi connectivity index (χ0) is 17.7. The van der Waals surface area contributed by atoms with Crippen LogP contribution < -0.4 is 9.62 Å². The maximum atomic E-state index is 13.3. The molecule has 1 aromatic carbocycles. The molecular formula is C16H22ClFN2O3S. The van der Waals surface area contributed by atoms with Gasteiger partial charge in [-0.15, -0.1) is 0 Å². The van der Waals surface area contributed by atoms with E-state index in [0.29, 0.717) is 12.5 Å². The molecule has 0 radical (unpaired) electrons. The molecule has 1 N–H and O–H groups in total. The summed E-state index contributed by atoms with van der Waals surface area (Å²) in [5.74, 6) is -0.572. The summed E-state index contributed by atoms with van der Waals surface area (Å²) >= 11 is 5.71. The van der Waals surface area contributed by atoms with Crippen molar-refractivity contribution < 1.29 is 17.6 Å². The Hall–Kier alpha value is -1.34. The summed E-state index contributed by atoms with van der Waals surface area (Å²) in [6.07, 6.45) is 6.75. The zero-order valence-corrected chi connectivity index (χ0v) is 15.2. The molecule has 0 unspecified atom stereocenters. The van der Waals surface area contributed by atoms with Crippen molar-refractivity contribution in [2.75, 3.05) is 23.7 Å². The van der Waals surface area contributed by atoms with Gasteiger partial charge in [0.2, 0.25) is 15.9 Å². The van der Waals surface area contributed by atoms with Gasteiger partial charge in [-0.3, -0.25) is 9.10 Å². The van der Waals surface area contributed by atoms with E-state index in [0.717, 1.165) is 29.5 Å². The Bertz CT molecular complexity index is 691. The van der Waals surface area contributed by atoms with Gasteiger partial charge in [0, 0.05) is 6.54 Å². The molecule has 1 amide bonds. The van der Waals surface area contributed by atoms with Gasteiger partial charge in [0.1, 0.15) is 12.4 Å². The third-order valence-corrected chi connectivity index (χ3v) is 5.62. The fourth-order valence-electron chi connectivity index (χ4n) is 2.88. The van der Waals surface area contributed by atoms with Crippen LogP contribution in [0.5, 0.6) is 0 Å². The van der Waals surface area contributed by atoms with Crippen molar-refractivity contribution in [3.8, 4) is 0 Å². The van der Waals surface area contributed by atoms with Crippen molar-refractivity contribution in [2.24, 2.45) is 5.92 Å². The fraction of sp³-hybridized carbons (Fsp3) is 0.562. The molecule has 8 heteroatoms. The first kappa shape index (κ1) is 19.0. The molecule has 0 heterocycles. The van der Waals surface area contributed by atoms with E-state index in [1.54, 1.807) is 0 Å². The molecule has 1 aliphatic carbocycles. The number of carbonyl (C=O) groups is 1. The molecule has 1 aromatic rings. The first-order chi connectivity index (χ1) is 11.3. The number of carbonyl (C=O) groups excluding carboxylic acids is 1. The molecule has 0 aliphatic heterocycles. The maximum Gasteiger partial charge on any atom is 0.240 e. The number of nitrogens with zero attached hydrogens (tertiary/aromatic N) is 1. The molecule has 0 atom stereocenters. The number of halogens is 2. The van der Waals surface area contributed by atoms with Crippen molar-refractivity contribution in [3.05, 3.63) is 29.0 Å². The summed E-state index contributed by atoms with van der Waals surface area (Å²) in [6, 6.07) is 3.57. The van der Waals surface area contributed by atoms with Crippen LogP contribution in [0.25, 0.3) is 0 Å². The van der Waals surface area contributed by atoms with E-state index < -0.39 is 15.8 Å². The molecule has 134 valence electrons. The largest absolute Gasteiger partial charge is 0.354 e. The van der Waals surface area contributed by atoms with E-state index >= 15 is 0 Å². The van der Waals surface area contributed by atoms with Crippen molar-refractivity contribution in [1.29, 1.82) is 0 Å². The zero-order valence-electron chi connectivity index (χ0n) is 13.6. The van der Waals surface area contributed by atoms with Crippen LogP contribution in [0.2, 0.25) is 5.02 Å². The van der Waals surface area contributed by atoms with Gasteiger partial charge in [0.15, 0.2) is 0 Å². The number of hydrogen-bond acceptors (Lipinski definition) is 3. The maximum absolute atomic E-state index is 13.3. The summed E-state index contributed by atoms with van der Waals surface area (Å²) < 4.78 is 38.2. The summed E-state index contributed by atoms with van der Waals surface area (Å²) in [7, 11) is -3.69. The third-order valence-electron chi connectivity index (χ3n) is 4.19. The number of hydrogen-bond donors (Lipinski definition) is 1.